The predicted octanol–water partition coefficient (Wildman–Crippen LogP) is 6.50. The van der Waals surface area contributed by atoms with E-state index in [-0.39, 0.29) is 25.0 Å². The van der Waals surface area contributed by atoms with E-state index in [1.807, 2.05) is 41.5 Å². The summed E-state index contributed by atoms with van der Waals surface area (Å²) in [6.45, 7) is 12.8. The van der Waals surface area contributed by atoms with Crippen LogP contribution < -0.4 is 11.5 Å². The Morgan fingerprint density at radius 1 is 0.652 bits per heavy atom. The maximum Gasteiger partial charge on any atom is 0.323 e. The molecule has 0 radical (unpaired) electrons. The fraction of sp³-hybridized carbons (Fsp3) is 0.765. The highest BCUT2D eigenvalue weighted by Crippen LogP contribution is 2.43. The molecule has 46 heavy (non-hydrogen) atoms. The van der Waals surface area contributed by atoms with Crippen LogP contribution in [-0.4, -0.2) is 72.9 Å². The van der Waals surface area contributed by atoms with Crippen molar-refractivity contribution in [3.63, 3.8) is 0 Å². The summed E-state index contributed by atoms with van der Waals surface area (Å²) < 4.78 is 11.0. The molecule has 0 aromatic rings. The summed E-state index contributed by atoms with van der Waals surface area (Å²) in [5.41, 5.74) is 13.6. The predicted molar refractivity (Wildman–Crippen MR) is 189 cm³/mol. The minimum absolute atomic E-state index is 0.0469. The first-order valence-corrected chi connectivity index (χ1v) is 19.1. The zero-order chi connectivity index (χ0) is 34.5. The maximum atomic E-state index is 12.5. The second kappa shape index (κ2) is 24.2. The van der Waals surface area contributed by atoms with Crippen molar-refractivity contribution in [3.05, 3.63) is 21.2 Å². The first-order valence-electron chi connectivity index (χ1n) is 17.0. The molecule has 0 fully saturated rings. The van der Waals surface area contributed by atoms with Crippen LogP contribution in [0.15, 0.2) is 21.2 Å². The van der Waals surface area contributed by atoms with E-state index in [9.17, 15) is 19.2 Å². The van der Waals surface area contributed by atoms with Gasteiger partial charge in [-0.2, -0.15) is 0 Å². The Balaban J connectivity index is 3.33. The number of allylic oxidation sites excluding steroid dienone is 2. The molecular weight excluding hydrogens is 625 g/mol. The number of nitrogens with zero attached hydrogens (tertiary/aromatic N) is 2. The third kappa shape index (κ3) is 16.2. The maximum absolute atomic E-state index is 12.5. The molecule has 0 aliphatic carbocycles. The van der Waals surface area contributed by atoms with Crippen LogP contribution in [0.4, 0.5) is 0 Å². The van der Waals surface area contributed by atoms with Gasteiger partial charge in [0.1, 0.15) is 12.1 Å². The average molecular weight is 685 g/mol. The standard InChI is InChI=1S/C34H60N4O6S2/c1-25(2)31(35)33(41)43-21-17-29-27(5)37(23-39)19-15-13-11-9-7-8-10-12-14-16-20-38(24-40)28(6)30(46-45-29)18-22-44-34(42)32(36)26(3)4/h23-26,31-32H,7-22,35-36H2,1-6H3/b29-27-,30-28-/t31-,32-/m0/s1. The van der Waals surface area contributed by atoms with Crippen molar-refractivity contribution in [2.45, 2.75) is 131 Å². The number of carbonyl (C=O) groups is 4. The number of amides is 2. The largest absolute Gasteiger partial charge is 0.464 e. The van der Waals surface area contributed by atoms with Crippen LogP contribution in [0.1, 0.15) is 119 Å². The summed E-state index contributed by atoms with van der Waals surface area (Å²) in [6, 6.07) is -1.42. The van der Waals surface area contributed by atoms with E-state index in [0.29, 0.717) is 25.9 Å². The zero-order valence-corrected chi connectivity index (χ0v) is 30.7. The minimum Gasteiger partial charge on any atom is -0.464 e. The van der Waals surface area contributed by atoms with Gasteiger partial charge in [-0.05, 0) is 38.5 Å². The molecule has 1 aliphatic rings. The van der Waals surface area contributed by atoms with E-state index in [2.05, 4.69) is 0 Å². The number of rotatable bonds is 12. The van der Waals surface area contributed by atoms with Gasteiger partial charge in [-0.25, -0.2) is 0 Å². The number of hydrogen-bond acceptors (Lipinski definition) is 10. The Kier molecular flexibility index (Phi) is 22.1. The molecule has 0 aromatic carbocycles. The molecule has 264 valence electrons. The Morgan fingerprint density at radius 2 is 0.957 bits per heavy atom. The molecule has 12 heteroatoms. The Morgan fingerprint density at radius 3 is 1.24 bits per heavy atom. The number of esters is 2. The van der Waals surface area contributed by atoms with E-state index in [0.717, 1.165) is 72.5 Å². The SMILES string of the molecule is C/C1=C(\CCOC(=O)[C@@H](N)C(C)C)SS/C(CCOC(=O)[C@@H](N)C(C)C)=C(/C)N(C=O)CCCCCCCCCCCCN1C=O. The highest BCUT2D eigenvalue weighted by Gasteiger charge is 2.22. The molecule has 2 amide bonds. The second-order valence-electron chi connectivity index (χ2n) is 12.7. The molecule has 10 nitrogen and oxygen atoms in total. The summed E-state index contributed by atoms with van der Waals surface area (Å²) in [5, 5.41) is 0. The third-order valence-corrected chi connectivity index (χ3v) is 11.3. The van der Waals surface area contributed by atoms with Crippen LogP contribution >= 0.6 is 21.6 Å². The topological polar surface area (TPSA) is 145 Å². The van der Waals surface area contributed by atoms with Crippen LogP contribution in [0.5, 0.6) is 0 Å². The van der Waals surface area contributed by atoms with Crippen molar-refractivity contribution < 1.29 is 28.7 Å². The number of carbonyl (C=O) groups excluding carboxylic acids is 4. The lowest BCUT2D eigenvalue weighted by Gasteiger charge is -2.24. The molecule has 2 atom stereocenters. The average Bonchev–Trinajstić information content (AvgIpc) is 3.03. The third-order valence-electron chi connectivity index (χ3n) is 8.34. The Labute approximate surface area is 285 Å². The van der Waals surface area contributed by atoms with Crippen LogP contribution in [0.2, 0.25) is 0 Å². The second-order valence-corrected chi connectivity index (χ2v) is 15.0. The number of ether oxygens (including phenoxy) is 2. The van der Waals surface area contributed by atoms with Crippen molar-refractivity contribution in [3.8, 4) is 0 Å². The normalized spacial score (nSPS) is 21.9. The van der Waals surface area contributed by atoms with Gasteiger partial charge < -0.3 is 30.7 Å². The van der Waals surface area contributed by atoms with Crippen molar-refractivity contribution in [1.82, 2.24) is 9.80 Å². The van der Waals surface area contributed by atoms with Gasteiger partial charge in [0, 0.05) is 47.1 Å². The zero-order valence-electron chi connectivity index (χ0n) is 29.1. The number of hydrogen-bond donors (Lipinski definition) is 2. The van der Waals surface area contributed by atoms with Crippen molar-refractivity contribution in [2.24, 2.45) is 23.3 Å². The smallest absolute Gasteiger partial charge is 0.323 e. The lowest BCUT2D eigenvalue weighted by Crippen LogP contribution is -2.37. The van der Waals surface area contributed by atoms with Crippen LogP contribution in [0, 0.1) is 11.8 Å². The first-order chi connectivity index (χ1) is 21.9. The van der Waals surface area contributed by atoms with Crippen molar-refractivity contribution in [2.75, 3.05) is 26.3 Å². The monoisotopic (exact) mass is 684 g/mol. The van der Waals surface area contributed by atoms with Gasteiger partial charge in [0.05, 0.1) is 13.2 Å². The first kappa shape index (κ1) is 42.0. The molecular formula is C34H60N4O6S2. The molecule has 0 bridgehead atoms. The van der Waals surface area contributed by atoms with E-state index in [4.69, 9.17) is 20.9 Å². The Hall–Kier alpha value is -2.02. The molecule has 0 saturated heterocycles. The van der Waals surface area contributed by atoms with Crippen molar-refractivity contribution >= 4 is 46.3 Å². The molecule has 0 aromatic heterocycles. The van der Waals surface area contributed by atoms with Gasteiger partial charge in [-0.15, -0.1) is 0 Å². The summed E-state index contributed by atoms with van der Waals surface area (Å²) in [6.07, 6.45) is 13.6. The Bertz CT molecular complexity index is 926. The molecule has 1 heterocycles. The summed E-state index contributed by atoms with van der Waals surface area (Å²) in [4.78, 5) is 54.6. The van der Waals surface area contributed by atoms with Gasteiger partial charge >= 0.3 is 11.9 Å². The molecule has 0 unspecified atom stereocenters. The fourth-order valence-electron chi connectivity index (χ4n) is 4.79. The molecule has 0 saturated carbocycles. The van der Waals surface area contributed by atoms with E-state index < -0.39 is 24.0 Å². The van der Waals surface area contributed by atoms with Crippen molar-refractivity contribution in [1.29, 1.82) is 0 Å². The van der Waals surface area contributed by atoms with E-state index in [1.54, 1.807) is 9.80 Å². The fourth-order valence-corrected chi connectivity index (χ4v) is 7.63. The van der Waals surface area contributed by atoms with Gasteiger partial charge in [0.2, 0.25) is 12.8 Å². The molecule has 1 rings (SSSR count). The van der Waals surface area contributed by atoms with Gasteiger partial charge in [0.25, 0.3) is 0 Å². The molecule has 4 N–H and O–H groups in total. The van der Waals surface area contributed by atoms with E-state index >= 15 is 0 Å². The van der Waals surface area contributed by atoms with Gasteiger partial charge in [-0.1, -0.05) is 101 Å². The van der Waals surface area contributed by atoms with Gasteiger partial charge in [-0.3, -0.25) is 19.2 Å². The highest BCUT2D eigenvalue weighted by molar-refractivity contribution is 8.79. The van der Waals surface area contributed by atoms with Crippen LogP contribution in [0.3, 0.4) is 0 Å². The van der Waals surface area contributed by atoms with Crippen LogP contribution in [0.25, 0.3) is 0 Å². The minimum atomic E-state index is -0.708. The lowest BCUT2D eigenvalue weighted by atomic mass is 10.1. The highest BCUT2D eigenvalue weighted by atomic mass is 33.1. The summed E-state index contributed by atoms with van der Waals surface area (Å²) in [7, 11) is 2.93. The van der Waals surface area contributed by atoms with Crippen LogP contribution in [-0.2, 0) is 28.7 Å². The number of nitrogens with two attached hydrogens (primary N) is 2. The molecule has 0 spiro atoms. The quantitative estimate of drug-likeness (QED) is 0.133. The van der Waals surface area contributed by atoms with Gasteiger partial charge in [0.15, 0.2) is 0 Å². The van der Waals surface area contributed by atoms with E-state index in [1.165, 1.54) is 47.3 Å². The summed E-state index contributed by atoms with van der Waals surface area (Å²) >= 11 is 0. The summed E-state index contributed by atoms with van der Waals surface area (Å²) in [5.74, 6) is -1.00. The molecule has 1 aliphatic heterocycles. The lowest BCUT2D eigenvalue weighted by molar-refractivity contribution is -0.147.